The number of nitrogens with zero attached hydrogens (tertiary/aromatic N) is 1. The highest BCUT2D eigenvalue weighted by Gasteiger charge is 2.44. The van der Waals surface area contributed by atoms with Gasteiger partial charge in [0.05, 0.1) is 21.8 Å². The normalized spacial score (nSPS) is 22.7. The van der Waals surface area contributed by atoms with Crippen molar-refractivity contribution in [2.24, 2.45) is 11.7 Å². The highest BCUT2D eigenvalue weighted by atomic mass is 35.5. The first kappa shape index (κ1) is 21.4. The third-order valence-corrected chi connectivity index (χ3v) is 5.51. The van der Waals surface area contributed by atoms with Crippen molar-refractivity contribution in [3.63, 3.8) is 0 Å². The number of carboxylic acids is 1. The molecule has 0 spiro atoms. The van der Waals surface area contributed by atoms with Crippen molar-refractivity contribution in [3.8, 4) is 0 Å². The van der Waals surface area contributed by atoms with Gasteiger partial charge in [0, 0.05) is 6.20 Å². The van der Waals surface area contributed by atoms with Crippen LogP contribution in [-0.2, 0) is 4.79 Å². The van der Waals surface area contributed by atoms with Gasteiger partial charge < -0.3 is 26.2 Å². The molecule has 0 bridgehead atoms. The Morgan fingerprint density at radius 2 is 2.15 bits per heavy atom. The molecule has 6 N–H and O–H groups in total. The number of carboxylic acid groups (broad SMARTS) is 1. The third-order valence-electron chi connectivity index (χ3n) is 5.00. The number of hydrogen-bond acceptors (Lipinski definition) is 6. The molecule has 3 unspecified atom stereocenters. The molecule has 10 heteroatoms. The molecule has 1 aliphatic heterocycles. The van der Waals surface area contributed by atoms with Crippen LogP contribution < -0.4 is 11.1 Å². The fourth-order valence-corrected chi connectivity index (χ4v) is 4.02. The maximum atomic E-state index is 11.9. The van der Waals surface area contributed by atoms with E-state index in [1.165, 1.54) is 6.20 Å². The van der Waals surface area contributed by atoms with Crippen LogP contribution in [0.25, 0.3) is 0 Å². The largest absolute Gasteiger partial charge is 0.480 e. The number of halogens is 2. The first-order valence-corrected chi connectivity index (χ1v) is 9.42. The highest BCUT2D eigenvalue weighted by Crippen LogP contribution is 2.37. The average Bonchev–Trinajstić information content (AvgIpc) is 2.58. The number of carbonyl (C=O) groups is 1. The van der Waals surface area contributed by atoms with Crippen molar-refractivity contribution < 1.29 is 19.9 Å². The summed E-state index contributed by atoms with van der Waals surface area (Å²) in [7, 11) is -1.38. The Kier molecular flexibility index (Phi) is 7.69. The number of rotatable bonds is 8. The molecular weight excluding hydrogens is 380 g/mol. The van der Waals surface area contributed by atoms with Crippen LogP contribution in [0.1, 0.15) is 43.8 Å². The van der Waals surface area contributed by atoms with Crippen molar-refractivity contribution in [1.82, 2.24) is 10.3 Å². The molecule has 3 atom stereocenters. The van der Waals surface area contributed by atoms with Crippen LogP contribution in [0.5, 0.6) is 0 Å². The number of pyridine rings is 1. The van der Waals surface area contributed by atoms with E-state index in [1.807, 2.05) is 0 Å². The molecule has 2 heterocycles. The number of nitrogens with one attached hydrogen (secondary N) is 1. The molecule has 1 aromatic rings. The first-order chi connectivity index (χ1) is 12.2. The molecule has 1 aromatic heterocycles. The summed E-state index contributed by atoms with van der Waals surface area (Å²) in [5.41, 5.74) is 5.57. The summed E-state index contributed by atoms with van der Waals surface area (Å²) in [6, 6.07) is 1.42. The molecule has 26 heavy (non-hydrogen) atoms. The molecule has 0 amide bonds. The van der Waals surface area contributed by atoms with Crippen LogP contribution in [0.2, 0.25) is 16.4 Å². The molecular formula is C16H24BCl2N3O4. The summed E-state index contributed by atoms with van der Waals surface area (Å²) in [5, 5.41) is 31.8. The summed E-state index contributed by atoms with van der Waals surface area (Å²) >= 11 is 12.1. The lowest BCUT2D eigenvalue weighted by molar-refractivity contribution is -0.146. The first-order valence-electron chi connectivity index (χ1n) is 8.66. The van der Waals surface area contributed by atoms with Crippen molar-refractivity contribution >= 4 is 36.3 Å². The van der Waals surface area contributed by atoms with Gasteiger partial charge in [-0.3, -0.25) is 9.78 Å². The molecule has 0 aromatic carbocycles. The van der Waals surface area contributed by atoms with Crippen molar-refractivity contribution in [2.75, 3.05) is 6.54 Å². The lowest BCUT2D eigenvalue weighted by Gasteiger charge is -2.39. The summed E-state index contributed by atoms with van der Waals surface area (Å²) in [5.74, 6) is -1.29. The second-order valence-electron chi connectivity index (χ2n) is 6.82. The third kappa shape index (κ3) is 5.31. The van der Waals surface area contributed by atoms with E-state index in [-0.39, 0.29) is 24.7 Å². The Bertz CT molecular complexity index is 638. The Morgan fingerprint density at radius 1 is 1.42 bits per heavy atom. The zero-order valence-corrected chi connectivity index (χ0v) is 15.9. The van der Waals surface area contributed by atoms with E-state index in [0.717, 1.165) is 0 Å². The van der Waals surface area contributed by atoms with Gasteiger partial charge in [-0.25, -0.2) is 0 Å². The molecule has 2 rings (SSSR count). The van der Waals surface area contributed by atoms with Gasteiger partial charge in [-0.1, -0.05) is 36.0 Å². The second-order valence-corrected chi connectivity index (χ2v) is 7.66. The van der Waals surface area contributed by atoms with Crippen molar-refractivity contribution in [1.29, 1.82) is 0 Å². The number of aliphatic carboxylic acids is 1. The number of hydrogen-bond donors (Lipinski definition) is 5. The van der Waals surface area contributed by atoms with E-state index >= 15 is 0 Å². The van der Waals surface area contributed by atoms with Gasteiger partial charge in [0.25, 0.3) is 0 Å². The zero-order chi connectivity index (χ0) is 19.3. The Morgan fingerprint density at radius 3 is 2.77 bits per heavy atom. The summed E-state index contributed by atoms with van der Waals surface area (Å²) in [6.45, 7) is 0.609. The minimum Gasteiger partial charge on any atom is -0.480 e. The summed E-state index contributed by atoms with van der Waals surface area (Å²) in [6.07, 6.45) is 4.13. The number of nitrogens with two attached hydrogens (primary N) is 1. The van der Waals surface area contributed by atoms with Gasteiger partial charge in [0.2, 0.25) is 0 Å². The Hall–Kier alpha value is -0.895. The van der Waals surface area contributed by atoms with Crippen LogP contribution in [0.3, 0.4) is 0 Å². The van der Waals surface area contributed by atoms with Gasteiger partial charge in [-0.05, 0) is 44.1 Å². The monoisotopic (exact) mass is 403 g/mol. The van der Waals surface area contributed by atoms with Crippen LogP contribution in [0.4, 0.5) is 0 Å². The van der Waals surface area contributed by atoms with E-state index in [4.69, 9.17) is 39.0 Å². The molecule has 1 aliphatic rings. The lowest BCUT2D eigenvalue weighted by atomic mass is 9.72. The standard InChI is InChI=1S/C16H24BCl2N3O4/c18-11-8-12(19)14(22-9-11)13-7-10(3-6-21-13)16(20,15(23)24)4-1-2-5-17(25)26/h8-10,13,21,25-26H,1-7,20H2,(H,23,24). The molecule has 0 saturated carbocycles. The van der Waals surface area contributed by atoms with Crippen molar-refractivity contribution in [2.45, 2.75) is 50.0 Å². The van der Waals surface area contributed by atoms with Crippen LogP contribution in [0, 0.1) is 5.92 Å². The molecule has 7 nitrogen and oxygen atoms in total. The van der Waals surface area contributed by atoms with Crippen LogP contribution in [0.15, 0.2) is 12.3 Å². The number of piperidine rings is 1. The maximum absolute atomic E-state index is 11.9. The van der Waals surface area contributed by atoms with E-state index in [1.54, 1.807) is 6.07 Å². The predicted molar refractivity (Wildman–Crippen MR) is 101 cm³/mol. The van der Waals surface area contributed by atoms with Crippen molar-refractivity contribution in [3.05, 3.63) is 28.0 Å². The zero-order valence-electron chi connectivity index (χ0n) is 14.4. The van der Waals surface area contributed by atoms with Gasteiger partial charge >= 0.3 is 13.1 Å². The smallest absolute Gasteiger partial charge is 0.451 e. The highest BCUT2D eigenvalue weighted by molar-refractivity contribution is 6.40. The molecule has 144 valence electrons. The lowest BCUT2D eigenvalue weighted by Crippen LogP contribution is -2.57. The van der Waals surface area contributed by atoms with Crippen LogP contribution >= 0.6 is 23.2 Å². The number of aromatic nitrogens is 1. The fraction of sp³-hybridized carbons (Fsp3) is 0.625. The second kappa shape index (κ2) is 9.35. The summed E-state index contributed by atoms with van der Waals surface area (Å²) < 4.78 is 0. The fourth-order valence-electron chi connectivity index (χ4n) is 3.51. The SMILES string of the molecule is NC(CCCCB(O)O)(C(=O)O)C1CCNC(c2ncc(Cl)cc2Cl)C1. The topological polar surface area (TPSA) is 129 Å². The van der Waals surface area contributed by atoms with Gasteiger partial charge in [-0.15, -0.1) is 0 Å². The summed E-state index contributed by atoms with van der Waals surface area (Å²) in [4.78, 5) is 16.2. The quantitative estimate of drug-likeness (QED) is 0.331. The molecule has 1 fully saturated rings. The van der Waals surface area contributed by atoms with Gasteiger partial charge in [0.15, 0.2) is 0 Å². The van der Waals surface area contributed by atoms with E-state index < -0.39 is 18.6 Å². The minimum atomic E-state index is -1.38. The maximum Gasteiger partial charge on any atom is 0.451 e. The minimum absolute atomic E-state index is 0.194. The van der Waals surface area contributed by atoms with E-state index in [2.05, 4.69) is 10.3 Å². The van der Waals surface area contributed by atoms with Crippen LogP contribution in [-0.4, -0.2) is 45.3 Å². The predicted octanol–water partition coefficient (Wildman–Crippen LogP) is 1.85. The van der Waals surface area contributed by atoms with E-state index in [9.17, 15) is 9.90 Å². The Balaban J connectivity index is 2.09. The van der Waals surface area contributed by atoms with E-state index in [0.29, 0.717) is 48.0 Å². The van der Waals surface area contributed by atoms with Gasteiger partial charge in [0.1, 0.15) is 5.54 Å². The molecule has 0 radical (unpaired) electrons. The van der Waals surface area contributed by atoms with Gasteiger partial charge in [-0.2, -0.15) is 0 Å². The molecule has 0 aliphatic carbocycles. The Labute approximate surface area is 163 Å². The number of unbranched alkanes of at least 4 members (excludes halogenated alkanes) is 1. The molecule has 1 saturated heterocycles. The average molecular weight is 404 g/mol.